The van der Waals surface area contributed by atoms with Crippen molar-refractivity contribution in [3.05, 3.63) is 24.0 Å². The molecule has 2 heterocycles. The van der Waals surface area contributed by atoms with Crippen LogP contribution in [0.3, 0.4) is 0 Å². The van der Waals surface area contributed by atoms with Crippen LogP contribution in [0.1, 0.15) is 42.6 Å². The zero-order valence-corrected chi connectivity index (χ0v) is 13.2. The number of pyridine rings is 1. The van der Waals surface area contributed by atoms with Crippen LogP contribution in [-0.2, 0) is 4.79 Å². The van der Waals surface area contributed by atoms with E-state index in [-0.39, 0.29) is 18.4 Å². The molecule has 0 saturated carbocycles. The minimum atomic E-state index is -0.814. The van der Waals surface area contributed by atoms with Crippen LogP contribution in [-0.4, -0.2) is 53.5 Å². The van der Waals surface area contributed by atoms with Crippen LogP contribution in [0.25, 0.3) is 0 Å². The Kier molecular flexibility index (Phi) is 5.35. The minimum absolute atomic E-state index is 0.00200. The molecule has 0 spiro atoms. The summed E-state index contributed by atoms with van der Waals surface area (Å²) in [5.41, 5.74) is 1.35. The molecule has 0 aliphatic carbocycles. The summed E-state index contributed by atoms with van der Waals surface area (Å²) in [6.07, 6.45) is 5.11. The monoisotopic (exact) mass is 305 g/mol. The van der Waals surface area contributed by atoms with Gasteiger partial charge < -0.3 is 14.9 Å². The molecule has 2 rings (SSSR count). The first-order valence-electron chi connectivity index (χ1n) is 7.65. The van der Waals surface area contributed by atoms with E-state index < -0.39 is 5.97 Å². The van der Waals surface area contributed by atoms with Crippen molar-refractivity contribution in [3.8, 4) is 0 Å². The van der Waals surface area contributed by atoms with Gasteiger partial charge in [-0.25, -0.2) is 0 Å². The molecule has 1 unspecified atom stereocenters. The number of carboxylic acid groups (broad SMARTS) is 1. The van der Waals surface area contributed by atoms with Crippen LogP contribution in [0, 0.1) is 0 Å². The lowest BCUT2D eigenvalue weighted by Gasteiger charge is -2.35. The average molecular weight is 305 g/mol. The minimum Gasteiger partial charge on any atom is -0.481 e. The van der Waals surface area contributed by atoms with Crippen molar-refractivity contribution in [2.24, 2.45) is 0 Å². The quantitative estimate of drug-likeness (QED) is 0.900. The smallest absolute Gasteiger partial charge is 0.303 e. The summed E-state index contributed by atoms with van der Waals surface area (Å²) in [7, 11) is 3.83. The van der Waals surface area contributed by atoms with Crippen LogP contribution < -0.4 is 4.90 Å². The van der Waals surface area contributed by atoms with Crippen molar-refractivity contribution in [2.45, 2.75) is 38.1 Å². The fourth-order valence-electron chi connectivity index (χ4n) is 2.82. The highest BCUT2D eigenvalue weighted by atomic mass is 16.4. The van der Waals surface area contributed by atoms with E-state index in [1.54, 1.807) is 17.2 Å². The number of amides is 1. The second-order valence-corrected chi connectivity index (χ2v) is 5.87. The Labute approximate surface area is 130 Å². The van der Waals surface area contributed by atoms with Gasteiger partial charge in [0.2, 0.25) is 0 Å². The maximum Gasteiger partial charge on any atom is 0.303 e. The SMILES string of the molecule is CN(C)c1ccnc(C(=O)N2CCCCC2CCC(=O)O)c1. The molecule has 0 aromatic carbocycles. The van der Waals surface area contributed by atoms with E-state index in [0.717, 1.165) is 24.9 Å². The largest absolute Gasteiger partial charge is 0.481 e. The van der Waals surface area contributed by atoms with Gasteiger partial charge >= 0.3 is 5.97 Å². The predicted octanol–water partition coefficient (Wildman–Crippen LogP) is 2.01. The fraction of sp³-hybridized carbons (Fsp3) is 0.562. The van der Waals surface area contributed by atoms with Crippen molar-refractivity contribution in [1.29, 1.82) is 0 Å². The first kappa shape index (κ1) is 16.3. The van der Waals surface area contributed by atoms with Crippen molar-refractivity contribution < 1.29 is 14.7 Å². The van der Waals surface area contributed by atoms with Crippen LogP contribution in [0.15, 0.2) is 18.3 Å². The number of carboxylic acids is 1. The summed E-state index contributed by atoms with van der Waals surface area (Å²) in [4.78, 5) is 31.4. The number of hydrogen-bond donors (Lipinski definition) is 1. The number of hydrogen-bond acceptors (Lipinski definition) is 4. The first-order valence-corrected chi connectivity index (χ1v) is 7.65. The van der Waals surface area contributed by atoms with E-state index in [0.29, 0.717) is 18.7 Å². The van der Waals surface area contributed by atoms with Gasteiger partial charge in [0.15, 0.2) is 0 Å². The molecule has 1 amide bonds. The molecule has 1 aromatic heterocycles. The van der Waals surface area contributed by atoms with E-state index >= 15 is 0 Å². The summed E-state index contributed by atoms with van der Waals surface area (Å²) < 4.78 is 0. The third kappa shape index (κ3) is 3.96. The van der Waals surface area contributed by atoms with Crippen LogP contribution >= 0.6 is 0 Å². The fourth-order valence-corrected chi connectivity index (χ4v) is 2.82. The van der Waals surface area contributed by atoms with Crippen LogP contribution in [0.5, 0.6) is 0 Å². The van der Waals surface area contributed by atoms with Gasteiger partial charge in [0, 0.05) is 45.0 Å². The summed E-state index contributed by atoms with van der Waals surface area (Å²) in [6.45, 7) is 0.678. The highest BCUT2D eigenvalue weighted by molar-refractivity contribution is 5.93. The topological polar surface area (TPSA) is 73.7 Å². The van der Waals surface area contributed by atoms with Gasteiger partial charge in [-0.1, -0.05) is 0 Å². The highest BCUT2D eigenvalue weighted by Gasteiger charge is 2.28. The molecular weight excluding hydrogens is 282 g/mol. The van der Waals surface area contributed by atoms with Crippen molar-refractivity contribution in [1.82, 2.24) is 9.88 Å². The number of anilines is 1. The number of carbonyl (C=O) groups excluding carboxylic acids is 1. The maximum absolute atomic E-state index is 12.7. The van der Waals surface area contributed by atoms with E-state index in [9.17, 15) is 9.59 Å². The molecule has 6 heteroatoms. The van der Waals surface area contributed by atoms with Gasteiger partial charge in [0.1, 0.15) is 5.69 Å². The lowest BCUT2D eigenvalue weighted by molar-refractivity contribution is -0.137. The van der Waals surface area contributed by atoms with Crippen LogP contribution in [0.2, 0.25) is 0 Å². The number of aromatic nitrogens is 1. The second-order valence-electron chi connectivity index (χ2n) is 5.87. The van der Waals surface area contributed by atoms with Gasteiger partial charge in [-0.3, -0.25) is 14.6 Å². The van der Waals surface area contributed by atoms with Gasteiger partial charge in [0.05, 0.1) is 0 Å². The second kappa shape index (κ2) is 7.24. The molecule has 1 fully saturated rings. The Morgan fingerprint density at radius 1 is 1.41 bits per heavy atom. The number of aliphatic carboxylic acids is 1. The predicted molar refractivity (Wildman–Crippen MR) is 84.1 cm³/mol. The molecule has 0 radical (unpaired) electrons. The third-order valence-electron chi connectivity index (χ3n) is 4.06. The van der Waals surface area contributed by atoms with E-state index in [4.69, 9.17) is 5.11 Å². The molecule has 1 saturated heterocycles. The highest BCUT2D eigenvalue weighted by Crippen LogP contribution is 2.23. The zero-order valence-electron chi connectivity index (χ0n) is 13.2. The van der Waals surface area contributed by atoms with Crippen LogP contribution in [0.4, 0.5) is 5.69 Å². The third-order valence-corrected chi connectivity index (χ3v) is 4.06. The molecular formula is C16H23N3O3. The molecule has 1 aliphatic rings. The van der Waals surface area contributed by atoms with Gasteiger partial charge in [-0.15, -0.1) is 0 Å². The van der Waals surface area contributed by atoms with E-state index in [1.807, 2.05) is 25.1 Å². The normalized spacial score (nSPS) is 18.1. The van der Waals surface area contributed by atoms with Crippen molar-refractivity contribution in [2.75, 3.05) is 25.5 Å². The standard InChI is InChI=1S/C16H23N3O3/c1-18(2)13-8-9-17-14(11-13)16(22)19-10-4-3-5-12(19)6-7-15(20)21/h8-9,11-12H,3-7,10H2,1-2H3,(H,20,21). The summed E-state index contributed by atoms with van der Waals surface area (Å²) in [6, 6.07) is 3.64. The number of piperidine rings is 1. The van der Waals surface area contributed by atoms with Crippen molar-refractivity contribution >= 4 is 17.6 Å². The zero-order chi connectivity index (χ0) is 16.1. The summed E-state index contributed by atoms with van der Waals surface area (Å²) in [5, 5.41) is 8.86. The maximum atomic E-state index is 12.7. The Bertz CT molecular complexity index is 545. The Balaban J connectivity index is 2.14. The Hall–Kier alpha value is -2.11. The van der Waals surface area contributed by atoms with Gasteiger partial charge in [0.25, 0.3) is 5.91 Å². The Morgan fingerprint density at radius 2 is 2.18 bits per heavy atom. The number of nitrogens with zero attached hydrogens (tertiary/aromatic N) is 3. The molecule has 1 aromatic rings. The van der Waals surface area contributed by atoms with E-state index in [1.165, 1.54) is 0 Å². The summed E-state index contributed by atoms with van der Waals surface area (Å²) >= 11 is 0. The lowest BCUT2D eigenvalue weighted by atomic mass is 9.97. The molecule has 1 atom stereocenters. The average Bonchev–Trinajstić information content (AvgIpc) is 2.52. The summed E-state index contributed by atoms with van der Waals surface area (Å²) in [5.74, 6) is -0.913. The number of rotatable bonds is 5. The number of likely N-dealkylation sites (tertiary alicyclic amines) is 1. The molecule has 1 aliphatic heterocycles. The molecule has 120 valence electrons. The lowest BCUT2D eigenvalue weighted by Crippen LogP contribution is -2.44. The molecule has 6 nitrogen and oxygen atoms in total. The van der Waals surface area contributed by atoms with Gasteiger partial charge in [-0.2, -0.15) is 0 Å². The van der Waals surface area contributed by atoms with E-state index in [2.05, 4.69) is 4.98 Å². The molecule has 1 N–H and O–H groups in total. The van der Waals surface area contributed by atoms with Gasteiger partial charge in [-0.05, 0) is 37.8 Å². The molecule has 0 bridgehead atoms. The first-order chi connectivity index (χ1) is 10.5. The molecule has 22 heavy (non-hydrogen) atoms. The Morgan fingerprint density at radius 3 is 2.86 bits per heavy atom. The number of carbonyl (C=O) groups is 2. The van der Waals surface area contributed by atoms with Crippen molar-refractivity contribution in [3.63, 3.8) is 0 Å².